The highest BCUT2D eigenvalue weighted by atomic mass is 32.2. The number of nitrogens with one attached hydrogen (secondary N) is 2. The Bertz CT molecular complexity index is 870. The molecule has 0 fully saturated rings. The summed E-state index contributed by atoms with van der Waals surface area (Å²) in [6, 6.07) is 0.363. The number of oxazole rings is 1. The van der Waals surface area contributed by atoms with Crippen LogP contribution in [0.1, 0.15) is 22.1 Å². The van der Waals surface area contributed by atoms with Crippen LogP contribution in [0, 0.1) is 11.6 Å². The van der Waals surface area contributed by atoms with Crippen molar-refractivity contribution in [3.05, 3.63) is 53.7 Å². The predicted octanol–water partition coefficient (Wildman–Crippen LogP) is -0.256. The Kier molecular flexibility index (Phi) is 4.90. The number of carbonyl (C=O) groups excluding carboxylic acids is 2. The second kappa shape index (κ2) is 6.72. The fourth-order valence-corrected chi connectivity index (χ4v) is 2.15. The van der Waals surface area contributed by atoms with Crippen molar-refractivity contribution in [2.75, 3.05) is 0 Å². The van der Waals surface area contributed by atoms with Crippen molar-refractivity contribution in [3.63, 3.8) is 0 Å². The van der Waals surface area contributed by atoms with Gasteiger partial charge in [0.05, 0.1) is 0 Å². The molecule has 12 heteroatoms. The maximum atomic E-state index is 13.9. The van der Waals surface area contributed by atoms with Gasteiger partial charge in [0.2, 0.25) is 0 Å². The second-order valence-corrected chi connectivity index (χ2v) is 5.75. The van der Waals surface area contributed by atoms with Crippen LogP contribution in [0.4, 0.5) is 8.78 Å². The van der Waals surface area contributed by atoms with Crippen LogP contribution in [0.3, 0.4) is 0 Å². The number of benzene rings is 1. The molecule has 0 unspecified atom stereocenters. The molecular weight excluding hydrogens is 350 g/mol. The van der Waals surface area contributed by atoms with Crippen LogP contribution >= 0.6 is 0 Å². The molecule has 0 aliphatic rings. The van der Waals surface area contributed by atoms with Crippen molar-refractivity contribution < 1.29 is 31.2 Å². The number of rotatable bonds is 5. The number of nitrogens with two attached hydrogens (primary N) is 1. The van der Waals surface area contributed by atoms with E-state index in [4.69, 9.17) is 0 Å². The minimum atomic E-state index is -4.47. The van der Waals surface area contributed by atoms with Crippen LogP contribution < -0.4 is 15.2 Å². The number of halogens is 2. The van der Waals surface area contributed by atoms with Gasteiger partial charge in [-0.1, -0.05) is 6.07 Å². The molecule has 0 saturated heterocycles. The number of nitrogens with zero attached hydrogens (tertiary/aromatic N) is 1. The number of hydrogen-bond donors (Lipinski definition) is 3. The van der Waals surface area contributed by atoms with E-state index in [0.29, 0.717) is 6.07 Å². The van der Waals surface area contributed by atoms with Crippen molar-refractivity contribution >= 4 is 22.0 Å². The van der Waals surface area contributed by atoms with Gasteiger partial charge in [0, 0.05) is 11.6 Å². The Morgan fingerprint density at radius 1 is 1.29 bits per heavy atom. The van der Waals surface area contributed by atoms with E-state index in [0.717, 1.165) is 24.8 Å². The predicted molar refractivity (Wildman–Crippen MR) is 74.3 cm³/mol. The summed E-state index contributed by atoms with van der Waals surface area (Å²) in [5.41, 5.74) is -0.722. The summed E-state index contributed by atoms with van der Waals surface area (Å²) in [7, 11) is -4.47. The molecule has 2 rings (SSSR count). The number of carbonyl (C=O) groups is 2. The number of amides is 2. The van der Waals surface area contributed by atoms with E-state index in [9.17, 15) is 26.8 Å². The van der Waals surface area contributed by atoms with Crippen molar-refractivity contribution in [1.29, 1.82) is 0 Å². The number of aromatic nitrogens is 1. The molecule has 1 aromatic carbocycles. The van der Waals surface area contributed by atoms with E-state index in [-0.39, 0.29) is 5.69 Å². The van der Waals surface area contributed by atoms with Crippen LogP contribution in [-0.4, -0.2) is 25.2 Å². The number of hydrogen-bond acceptors (Lipinski definition) is 6. The maximum Gasteiger partial charge on any atom is 0.298 e. The summed E-state index contributed by atoms with van der Waals surface area (Å²) in [5.74, 6) is -4.41. The molecule has 2 aromatic rings. The van der Waals surface area contributed by atoms with E-state index in [2.05, 4.69) is 19.9 Å². The molecule has 0 aliphatic heterocycles. The van der Waals surface area contributed by atoms with Gasteiger partial charge in [-0.25, -0.2) is 23.6 Å². The van der Waals surface area contributed by atoms with Crippen molar-refractivity contribution in [2.24, 2.45) is 5.14 Å². The first-order valence-electron chi connectivity index (χ1n) is 6.16. The standard InChI is InChI=1S/C12H10F2N4O5S/c13-6-1-2-7(8(14)3-6)10(12(20)18-24(15,21)22)17-11(19)9-4-23-5-16-9/h1-5,10H,(H,17,19)(H,18,20)(H2,15,21,22)/t10-/m0/s1. The summed E-state index contributed by atoms with van der Waals surface area (Å²) >= 11 is 0. The summed E-state index contributed by atoms with van der Waals surface area (Å²) in [5, 5.41) is 6.75. The van der Waals surface area contributed by atoms with E-state index in [1.54, 1.807) is 0 Å². The molecule has 1 heterocycles. The SMILES string of the molecule is NS(=O)(=O)NC(=O)[C@@H](NC(=O)c1cocn1)c1ccc(F)cc1F. The molecule has 24 heavy (non-hydrogen) atoms. The zero-order valence-electron chi connectivity index (χ0n) is 11.7. The van der Waals surface area contributed by atoms with E-state index >= 15 is 0 Å². The minimum Gasteiger partial charge on any atom is -0.451 e. The van der Waals surface area contributed by atoms with Gasteiger partial charge in [0.1, 0.15) is 23.9 Å². The van der Waals surface area contributed by atoms with Gasteiger partial charge in [-0.15, -0.1) is 0 Å². The Labute approximate surface area is 134 Å². The van der Waals surface area contributed by atoms with E-state index in [1.165, 1.54) is 4.72 Å². The van der Waals surface area contributed by atoms with Gasteiger partial charge >= 0.3 is 0 Å². The second-order valence-electron chi connectivity index (χ2n) is 4.46. The minimum absolute atomic E-state index is 0.245. The van der Waals surface area contributed by atoms with Crippen LogP contribution in [0.25, 0.3) is 0 Å². The normalized spacial score (nSPS) is 12.5. The van der Waals surface area contributed by atoms with Gasteiger partial charge in [0.25, 0.3) is 22.0 Å². The fourth-order valence-electron chi connectivity index (χ4n) is 1.75. The topological polar surface area (TPSA) is 144 Å². The summed E-state index contributed by atoms with van der Waals surface area (Å²) < 4.78 is 54.9. The molecular formula is C12H10F2N4O5S. The monoisotopic (exact) mass is 360 g/mol. The lowest BCUT2D eigenvalue weighted by Gasteiger charge is -2.18. The van der Waals surface area contributed by atoms with Crippen molar-refractivity contribution in [1.82, 2.24) is 15.0 Å². The fraction of sp³-hybridized carbons (Fsp3) is 0.0833. The molecule has 128 valence electrons. The Hall–Kier alpha value is -2.86. The molecule has 4 N–H and O–H groups in total. The van der Waals surface area contributed by atoms with Gasteiger partial charge in [-0.2, -0.15) is 8.42 Å². The quantitative estimate of drug-likeness (QED) is 0.670. The maximum absolute atomic E-state index is 13.9. The molecule has 0 radical (unpaired) electrons. The lowest BCUT2D eigenvalue weighted by atomic mass is 10.1. The molecule has 9 nitrogen and oxygen atoms in total. The Morgan fingerprint density at radius 2 is 2.00 bits per heavy atom. The van der Waals surface area contributed by atoms with E-state index in [1.807, 2.05) is 0 Å². The highest BCUT2D eigenvalue weighted by Gasteiger charge is 2.29. The molecule has 0 aliphatic carbocycles. The largest absolute Gasteiger partial charge is 0.451 e. The molecule has 1 atom stereocenters. The van der Waals surface area contributed by atoms with Crippen LogP contribution in [-0.2, 0) is 15.0 Å². The zero-order chi connectivity index (χ0) is 17.9. The molecule has 0 saturated carbocycles. The summed E-state index contributed by atoms with van der Waals surface area (Å²) in [6.45, 7) is 0. The van der Waals surface area contributed by atoms with Gasteiger partial charge in [-0.05, 0) is 6.07 Å². The summed E-state index contributed by atoms with van der Waals surface area (Å²) in [4.78, 5) is 27.5. The van der Waals surface area contributed by atoms with Gasteiger partial charge < -0.3 is 9.73 Å². The van der Waals surface area contributed by atoms with Crippen molar-refractivity contribution in [3.8, 4) is 0 Å². The first-order chi connectivity index (χ1) is 11.2. The van der Waals surface area contributed by atoms with Crippen LogP contribution in [0.2, 0.25) is 0 Å². The highest BCUT2D eigenvalue weighted by Crippen LogP contribution is 2.19. The molecule has 0 spiro atoms. The van der Waals surface area contributed by atoms with Gasteiger partial charge in [0.15, 0.2) is 12.1 Å². The molecule has 2 amide bonds. The molecule has 1 aromatic heterocycles. The van der Waals surface area contributed by atoms with E-state index < -0.39 is 45.3 Å². The van der Waals surface area contributed by atoms with Crippen LogP contribution in [0.5, 0.6) is 0 Å². The Morgan fingerprint density at radius 3 is 2.54 bits per heavy atom. The average Bonchev–Trinajstić information content (AvgIpc) is 2.97. The summed E-state index contributed by atoms with van der Waals surface area (Å²) in [6.07, 6.45) is 1.89. The third-order valence-electron chi connectivity index (χ3n) is 2.72. The first kappa shape index (κ1) is 17.5. The average molecular weight is 360 g/mol. The third-order valence-corrected chi connectivity index (χ3v) is 3.20. The molecule has 0 bridgehead atoms. The zero-order valence-corrected chi connectivity index (χ0v) is 12.5. The highest BCUT2D eigenvalue weighted by molar-refractivity contribution is 7.87. The van der Waals surface area contributed by atoms with Gasteiger partial charge in [-0.3, -0.25) is 9.59 Å². The third kappa shape index (κ3) is 4.33. The lowest BCUT2D eigenvalue weighted by molar-refractivity contribution is -0.121. The lowest BCUT2D eigenvalue weighted by Crippen LogP contribution is -2.45. The Balaban J connectivity index is 2.37. The first-order valence-corrected chi connectivity index (χ1v) is 7.70. The van der Waals surface area contributed by atoms with Crippen LogP contribution in [0.15, 0.2) is 35.3 Å². The smallest absolute Gasteiger partial charge is 0.298 e. The van der Waals surface area contributed by atoms with Crippen molar-refractivity contribution in [2.45, 2.75) is 6.04 Å².